The summed E-state index contributed by atoms with van der Waals surface area (Å²) in [7, 11) is 0. The van der Waals surface area contributed by atoms with Gasteiger partial charge in [0.1, 0.15) is 5.75 Å². The lowest BCUT2D eigenvalue weighted by atomic mass is 10.1. The molecule has 0 unspecified atom stereocenters. The summed E-state index contributed by atoms with van der Waals surface area (Å²) >= 11 is 0. The fourth-order valence-corrected chi connectivity index (χ4v) is 2.20. The lowest BCUT2D eigenvalue weighted by Crippen LogP contribution is -2.26. The number of nitriles is 1. The summed E-state index contributed by atoms with van der Waals surface area (Å²) in [6, 6.07) is 11.3. The molecule has 0 fully saturated rings. The van der Waals surface area contributed by atoms with Crippen LogP contribution in [0.25, 0.3) is 11.3 Å². The SMILES string of the molecule is CCCn1nc(-c2ccc(OCC)cc2)cc(CC#N)c1=O. The highest BCUT2D eigenvalue weighted by Gasteiger charge is 2.09. The molecule has 1 heterocycles. The summed E-state index contributed by atoms with van der Waals surface area (Å²) in [5, 5.41) is 13.3. The van der Waals surface area contributed by atoms with Crippen LogP contribution in [0.15, 0.2) is 35.1 Å². The van der Waals surface area contributed by atoms with Gasteiger partial charge in [0, 0.05) is 17.7 Å². The maximum Gasteiger partial charge on any atom is 0.271 e. The van der Waals surface area contributed by atoms with E-state index in [1.807, 2.05) is 44.2 Å². The van der Waals surface area contributed by atoms with Crippen molar-refractivity contribution in [2.45, 2.75) is 33.2 Å². The van der Waals surface area contributed by atoms with Gasteiger partial charge in [0.2, 0.25) is 0 Å². The van der Waals surface area contributed by atoms with Crippen molar-refractivity contribution in [3.63, 3.8) is 0 Å². The predicted octanol–water partition coefficient (Wildman–Crippen LogP) is 2.79. The normalized spacial score (nSPS) is 10.2. The Morgan fingerprint density at radius 1 is 1.27 bits per heavy atom. The van der Waals surface area contributed by atoms with Gasteiger partial charge in [0.15, 0.2) is 0 Å². The van der Waals surface area contributed by atoms with Crippen LogP contribution < -0.4 is 10.3 Å². The average Bonchev–Trinajstić information content (AvgIpc) is 2.52. The molecule has 0 bridgehead atoms. The van der Waals surface area contributed by atoms with Crippen LogP contribution in [-0.4, -0.2) is 16.4 Å². The molecule has 22 heavy (non-hydrogen) atoms. The van der Waals surface area contributed by atoms with E-state index in [0.717, 1.165) is 17.7 Å². The van der Waals surface area contributed by atoms with E-state index < -0.39 is 0 Å². The van der Waals surface area contributed by atoms with E-state index in [1.165, 1.54) is 4.68 Å². The van der Waals surface area contributed by atoms with Crippen LogP contribution in [0.5, 0.6) is 5.75 Å². The zero-order valence-corrected chi connectivity index (χ0v) is 12.9. The fraction of sp³-hybridized carbons (Fsp3) is 0.353. The van der Waals surface area contributed by atoms with Gasteiger partial charge in [-0.1, -0.05) is 6.92 Å². The first-order chi connectivity index (χ1) is 10.7. The number of hydrogen-bond donors (Lipinski definition) is 0. The fourth-order valence-electron chi connectivity index (χ4n) is 2.20. The Balaban J connectivity index is 2.45. The number of hydrogen-bond acceptors (Lipinski definition) is 4. The summed E-state index contributed by atoms with van der Waals surface area (Å²) < 4.78 is 6.86. The second-order valence-corrected chi connectivity index (χ2v) is 4.88. The number of aryl methyl sites for hydroxylation is 1. The van der Waals surface area contributed by atoms with Gasteiger partial charge in [0.05, 0.1) is 24.8 Å². The van der Waals surface area contributed by atoms with E-state index in [9.17, 15) is 4.79 Å². The molecule has 1 aromatic heterocycles. The molecule has 5 nitrogen and oxygen atoms in total. The smallest absolute Gasteiger partial charge is 0.271 e. The molecule has 0 spiro atoms. The molecule has 0 radical (unpaired) electrons. The summed E-state index contributed by atoms with van der Waals surface area (Å²) in [5.74, 6) is 0.797. The summed E-state index contributed by atoms with van der Waals surface area (Å²) in [6.45, 7) is 5.08. The minimum atomic E-state index is -0.182. The van der Waals surface area contributed by atoms with Gasteiger partial charge in [-0.25, -0.2) is 4.68 Å². The van der Waals surface area contributed by atoms with E-state index in [1.54, 1.807) is 6.07 Å². The second-order valence-electron chi connectivity index (χ2n) is 4.88. The maximum atomic E-state index is 12.2. The van der Waals surface area contributed by atoms with Crippen LogP contribution in [0.4, 0.5) is 0 Å². The first-order valence-corrected chi connectivity index (χ1v) is 7.40. The Bertz CT molecular complexity index is 727. The lowest BCUT2D eigenvalue weighted by Gasteiger charge is -2.09. The van der Waals surface area contributed by atoms with Crippen LogP contribution in [0.3, 0.4) is 0 Å². The van der Waals surface area contributed by atoms with Crippen molar-refractivity contribution >= 4 is 0 Å². The zero-order chi connectivity index (χ0) is 15.9. The molecule has 2 aromatic rings. The molecule has 0 aliphatic carbocycles. The first kappa shape index (κ1) is 15.8. The van der Waals surface area contributed by atoms with E-state index >= 15 is 0 Å². The van der Waals surface area contributed by atoms with Gasteiger partial charge in [-0.2, -0.15) is 10.4 Å². The summed E-state index contributed by atoms with van der Waals surface area (Å²) in [4.78, 5) is 12.2. The molecular formula is C17H19N3O2. The minimum Gasteiger partial charge on any atom is -0.494 e. The number of aromatic nitrogens is 2. The molecule has 5 heteroatoms. The Labute approximate surface area is 129 Å². The molecule has 114 valence electrons. The number of benzene rings is 1. The van der Waals surface area contributed by atoms with Crippen molar-refractivity contribution in [3.05, 3.63) is 46.2 Å². The molecule has 0 atom stereocenters. The third-order valence-electron chi connectivity index (χ3n) is 3.21. The van der Waals surface area contributed by atoms with E-state index in [-0.39, 0.29) is 12.0 Å². The zero-order valence-electron chi connectivity index (χ0n) is 12.9. The number of ether oxygens (including phenoxy) is 1. The van der Waals surface area contributed by atoms with Crippen LogP contribution >= 0.6 is 0 Å². The molecule has 0 aliphatic heterocycles. The lowest BCUT2D eigenvalue weighted by molar-refractivity contribution is 0.340. The van der Waals surface area contributed by atoms with Crippen molar-refractivity contribution in [1.29, 1.82) is 5.26 Å². The number of nitrogens with zero attached hydrogens (tertiary/aromatic N) is 3. The van der Waals surface area contributed by atoms with Gasteiger partial charge in [-0.15, -0.1) is 0 Å². The quantitative estimate of drug-likeness (QED) is 0.822. The third kappa shape index (κ3) is 3.53. The largest absolute Gasteiger partial charge is 0.494 e. The van der Waals surface area contributed by atoms with E-state index in [0.29, 0.717) is 24.4 Å². The molecule has 0 amide bonds. The Morgan fingerprint density at radius 3 is 2.59 bits per heavy atom. The maximum absolute atomic E-state index is 12.2. The molecule has 0 saturated heterocycles. The first-order valence-electron chi connectivity index (χ1n) is 7.40. The van der Waals surface area contributed by atoms with Gasteiger partial charge < -0.3 is 4.74 Å². The van der Waals surface area contributed by atoms with Gasteiger partial charge >= 0.3 is 0 Å². The Hall–Kier alpha value is -2.61. The van der Waals surface area contributed by atoms with Crippen LogP contribution in [0.2, 0.25) is 0 Å². The molecule has 2 rings (SSSR count). The van der Waals surface area contributed by atoms with Crippen molar-refractivity contribution in [3.8, 4) is 23.1 Å². The standard InChI is InChI=1S/C17H19N3O2/c1-3-11-20-17(21)14(9-10-18)12-16(19-20)13-5-7-15(8-6-13)22-4-2/h5-8,12H,3-4,9,11H2,1-2H3. The number of rotatable bonds is 6. The second kappa shape index (κ2) is 7.41. The topological polar surface area (TPSA) is 67.9 Å². The van der Waals surface area contributed by atoms with E-state index in [4.69, 9.17) is 10.00 Å². The highest BCUT2D eigenvalue weighted by atomic mass is 16.5. The molecule has 0 aliphatic rings. The molecule has 0 N–H and O–H groups in total. The van der Waals surface area contributed by atoms with Crippen molar-refractivity contribution in [2.75, 3.05) is 6.61 Å². The van der Waals surface area contributed by atoms with Crippen molar-refractivity contribution in [2.24, 2.45) is 0 Å². The average molecular weight is 297 g/mol. The molecule has 0 saturated carbocycles. The molecule has 1 aromatic carbocycles. The van der Waals surface area contributed by atoms with Gasteiger partial charge in [0.25, 0.3) is 5.56 Å². The van der Waals surface area contributed by atoms with E-state index in [2.05, 4.69) is 5.10 Å². The monoisotopic (exact) mass is 297 g/mol. The highest BCUT2D eigenvalue weighted by Crippen LogP contribution is 2.20. The Morgan fingerprint density at radius 2 is 2.00 bits per heavy atom. The highest BCUT2D eigenvalue weighted by molar-refractivity contribution is 5.60. The summed E-state index contributed by atoms with van der Waals surface area (Å²) in [6.07, 6.45) is 0.904. The minimum absolute atomic E-state index is 0.0924. The molecular weight excluding hydrogens is 278 g/mol. The van der Waals surface area contributed by atoms with Gasteiger partial charge in [-0.3, -0.25) is 4.79 Å². The third-order valence-corrected chi connectivity index (χ3v) is 3.21. The van der Waals surface area contributed by atoms with Crippen LogP contribution in [-0.2, 0) is 13.0 Å². The summed E-state index contributed by atoms with van der Waals surface area (Å²) in [5.41, 5.74) is 1.89. The van der Waals surface area contributed by atoms with Crippen LogP contribution in [0.1, 0.15) is 25.8 Å². The van der Waals surface area contributed by atoms with Crippen molar-refractivity contribution < 1.29 is 4.74 Å². The van der Waals surface area contributed by atoms with Crippen LogP contribution in [0, 0.1) is 11.3 Å². The predicted molar refractivity (Wildman–Crippen MR) is 84.7 cm³/mol. The van der Waals surface area contributed by atoms with Gasteiger partial charge in [-0.05, 0) is 43.7 Å². The Kier molecular flexibility index (Phi) is 5.31. The van der Waals surface area contributed by atoms with Crippen molar-refractivity contribution in [1.82, 2.24) is 9.78 Å².